The molecule has 1 aromatic rings. The highest BCUT2D eigenvalue weighted by Crippen LogP contribution is 2.28. The van der Waals surface area contributed by atoms with E-state index in [0.29, 0.717) is 5.56 Å². The number of sulfone groups is 1. The summed E-state index contributed by atoms with van der Waals surface area (Å²) < 4.78 is 22.2. The quantitative estimate of drug-likeness (QED) is 0.693. The molecule has 1 radical (unpaired) electrons. The van der Waals surface area contributed by atoms with Crippen LogP contribution in [0, 0.1) is 13.8 Å². The molecule has 0 saturated carbocycles. The second-order valence-electron chi connectivity index (χ2n) is 3.11. The maximum Gasteiger partial charge on any atom is 0.200 e. The summed E-state index contributed by atoms with van der Waals surface area (Å²) in [6.45, 7) is 3.41. The van der Waals surface area contributed by atoms with Gasteiger partial charge in [-0.2, -0.15) is 0 Å². The lowest BCUT2D eigenvalue weighted by Gasteiger charge is -2.04. The van der Waals surface area contributed by atoms with Crippen LogP contribution in [0.4, 0.5) is 0 Å². The summed E-state index contributed by atoms with van der Waals surface area (Å²) in [5.41, 5.74) is 1.32. The molecule has 0 atom stereocenters. The molecular formula is C9H11O3S. The molecule has 13 heavy (non-hydrogen) atoms. The molecule has 0 heterocycles. The average Bonchev–Trinajstić information content (AvgIpc) is 1.98. The van der Waals surface area contributed by atoms with Crippen LogP contribution in [0.15, 0.2) is 17.0 Å². The Balaban J connectivity index is 3.53. The van der Waals surface area contributed by atoms with Gasteiger partial charge in [0.1, 0.15) is 4.90 Å². The Morgan fingerprint density at radius 2 is 1.69 bits per heavy atom. The SMILES string of the molecule is Cc1ccc(S(C)(=O)=O)c([O])c1C. The molecule has 0 spiro atoms. The van der Waals surface area contributed by atoms with Crippen LogP contribution in [-0.4, -0.2) is 14.7 Å². The fourth-order valence-electron chi connectivity index (χ4n) is 1.06. The van der Waals surface area contributed by atoms with Crippen molar-refractivity contribution in [2.75, 3.05) is 6.26 Å². The summed E-state index contributed by atoms with van der Waals surface area (Å²) in [4.78, 5) is -0.115. The van der Waals surface area contributed by atoms with Crippen LogP contribution in [0.1, 0.15) is 11.1 Å². The smallest absolute Gasteiger partial charge is 0.200 e. The van der Waals surface area contributed by atoms with Crippen LogP contribution >= 0.6 is 0 Å². The van der Waals surface area contributed by atoms with E-state index in [4.69, 9.17) is 0 Å². The van der Waals surface area contributed by atoms with Gasteiger partial charge in [0.25, 0.3) is 0 Å². The zero-order chi connectivity index (χ0) is 10.2. The van der Waals surface area contributed by atoms with Crippen LogP contribution < -0.4 is 0 Å². The van der Waals surface area contributed by atoms with Crippen molar-refractivity contribution in [1.82, 2.24) is 0 Å². The van der Waals surface area contributed by atoms with Crippen molar-refractivity contribution in [2.24, 2.45) is 0 Å². The van der Waals surface area contributed by atoms with Gasteiger partial charge in [-0.25, -0.2) is 8.42 Å². The van der Waals surface area contributed by atoms with Gasteiger partial charge < -0.3 is 0 Å². The summed E-state index contributed by atoms with van der Waals surface area (Å²) in [5, 5.41) is 11.5. The van der Waals surface area contributed by atoms with E-state index in [1.54, 1.807) is 19.9 Å². The third kappa shape index (κ3) is 1.83. The second kappa shape index (κ2) is 3.03. The molecule has 1 aromatic carbocycles. The standard InChI is InChI=1S/C9H11O3S/c1-6-4-5-8(13(3,11)12)9(10)7(6)2/h4-5H,1-3H3. The number of hydrogen-bond acceptors (Lipinski definition) is 2. The van der Waals surface area contributed by atoms with Gasteiger partial charge in [0.2, 0.25) is 0 Å². The molecule has 0 aliphatic rings. The van der Waals surface area contributed by atoms with Gasteiger partial charge >= 0.3 is 0 Å². The third-order valence-corrected chi connectivity index (χ3v) is 3.16. The van der Waals surface area contributed by atoms with E-state index in [1.807, 2.05) is 0 Å². The van der Waals surface area contributed by atoms with Gasteiger partial charge in [0.15, 0.2) is 15.6 Å². The van der Waals surface area contributed by atoms with Crippen molar-refractivity contribution in [1.29, 1.82) is 0 Å². The Labute approximate surface area is 77.9 Å². The highest BCUT2D eigenvalue weighted by molar-refractivity contribution is 7.90. The van der Waals surface area contributed by atoms with Crippen LogP contribution in [-0.2, 0) is 14.9 Å². The molecule has 0 unspecified atom stereocenters. The van der Waals surface area contributed by atoms with Gasteiger partial charge in [-0.3, -0.25) is 5.11 Å². The molecule has 0 aliphatic carbocycles. The highest BCUT2D eigenvalue weighted by Gasteiger charge is 2.16. The van der Waals surface area contributed by atoms with E-state index in [1.165, 1.54) is 6.07 Å². The van der Waals surface area contributed by atoms with Crippen molar-refractivity contribution >= 4 is 9.84 Å². The molecule has 1 rings (SSSR count). The molecule has 4 heteroatoms. The zero-order valence-corrected chi connectivity index (χ0v) is 8.60. The predicted octanol–water partition coefficient (Wildman–Crippen LogP) is 1.85. The van der Waals surface area contributed by atoms with Crippen molar-refractivity contribution in [2.45, 2.75) is 18.7 Å². The molecule has 0 aromatic heterocycles. The van der Waals surface area contributed by atoms with Crippen molar-refractivity contribution in [3.8, 4) is 5.75 Å². The minimum atomic E-state index is -3.39. The molecule has 71 valence electrons. The summed E-state index contributed by atoms with van der Waals surface area (Å²) in [5.74, 6) is -0.387. The average molecular weight is 199 g/mol. The Kier molecular flexibility index (Phi) is 2.34. The fraction of sp³-hybridized carbons (Fsp3) is 0.333. The first-order valence-corrected chi connectivity index (χ1v) is 5.70. The minimum absolute atomic E-state index is 0.115. The Bertz CT molecular complexity index is 432. The van der Waals surface area contributed by atoms with Gasteiger partial charge in [-0.1, -0.05) is 6.07 Å². The lowest BCUT2D eigenvalue weighted by atomic mass is 10.1. The van der Waals surface area contributed by atoms with Gasteiger partial charge in [-0.15, -0.1) is 0 Å². The molecule has 0 bridgehead atoms. The van der Waals surface area contributed by atoms with E-state index < -0.39 is 9.84 Å². The van der Waals surface area contributed by atoms with Crippen LogP contribution in [0.25, 0.3) is 0 Å². The zero-order valence-electron chi connectivity index (χ0n) is 7.79. The Morgan fingerprint density at radius 1 is 1.15 bits per heavy atom. The van der Waals surface area contributed by atoms with Crippen molar-refractivity contribution in [3.05, 3.63) is 23.3 Å². The largest absolute Gasteiger partial charge is 0.288 e. The molecule has 0 aliphatic heterocycles. The van der Waals surface area contributed by atoms with E-state index in [0.717, 1.165) is 11.8 Å². The van der Waals surface area contributed by atoms with Gasteiger partial charge in [0, 0.05) is 11.8 Å². The van der Waals surface area contributed by atoms with Crippen LogP contribution in [0.2, 0.25) is 0 Å². The van der Waals surface area contributed by atoms with Gasteiger partial charge in [0.05, 0.1) is 0 Å². The second-order valence-corrected chi connectivity index (χ2v) is 5.09. The normalized spacial score (nSPS) is 11.6. The highest BCUT2D eigenvalue weighted by atomic mass is 32.2. The van der Waals surface area contributed by atoms with Crippen LogP contribution in [0.3, 0.4) is 0 Å². The first-order chi connectivity index (χ1) is 5.84. The van der Waals surface area contributed by atoms with Crippen molar-refractivity contribution in [3.63, 3.8) is 0 Å². The lowest BCUT2D eigenvalue weighted by molar-refractivity contribution is 0.339. The number of rotatable bonds is 1. The fourth-order valence-corrected chi connectivity index (χ4v) is 1.86. The molecule has 0 N–H and O–H groups in total. The van der Waals surface area contributed by atoms with E-state index in [9.17, 15) is 13.5 Å². The van der Waals surface area contributed by atoms with Crippen molar-refractivity contribution < 1.29 is 13.5 Å². The molecule has 3 nitrogen and oxygen atoms in total. The lowest BCUT2D eigenvalue weighted by Crippen LogP contribution is -1.98. The first-order valence-electron chi connectivity index (χ1n) is 3.81. The number of aryl methyl sites for hydroxylation is 1. The summed E-state index contributed by atoms with van der Waals surface area (Å²) in [7, 11) is -3.39. The van der Waals surface area contributed by atoms with E-state index >= 15 is 0 Å². The summed E-state index contributed by atoms with van der Waals surface area (Å²) in [6, 6.07) is 3.01. The first kappa shape index (κ1) is 10.1. The number of hydrogen-bond donors (Lipinski definition) is 0. The maximum absolute atomic E-state index is 11.5. The summed E-state index contributed by atoms with van der Waals surface area (Å²) >= 11 is 0. The monoisotopic (exact) mass is 199 g/mol. The third-order valence-electron chi connectivity index (χ3n) is 2.04. The number of benzene rings is 1. The molecule has 0 amide bonds. The van der Waals surface area contributed by atoms with Crippen LogP contribution in [0.5, 0.6) is 5.75 Å². The van der Waals surface area contributed by atoms with Gasteiger partial charge in [-0.05, 0) is 25.5 Å². The van der Waals surface area contributed by atoms with E-state index in [2.05, 4.69) is 0 Å². The Hall–Kier alpha value is -1.03. The molecule has 0 saturated heterocycles. The topological polar surface area (TPSA) is 54.0 Å². The Morgan fingerprint density at radius 3 is 2.15 bits per heavy atom. The summed E-state index contributed by atoms with van der Waals surface area (Å²) in [6.07, 6.45) is 1.04. The predicted molar refractivity (Wildman–Crippen MR) is 49.2 cm³/mol. The maximum atomic E-state index is 11.5. The minimum Gasteiger partial charge on any atom is -0.288 e. The molecular weight excluding hydrogens is 188 g/mol. The van der Waals surface area contributed by atoms with E-state index in [-0.39, 0.29) is 10.6 Å². The molecule has 0 fully saturated rings.